The van der Waals surface area contributed by atoms with Crippen molar-refractivity contribution in [2.45, 2.75) is 6.92 Å². The predicted octanol–water partition coefficient (Wildman–Crippen LogP) is 2.24. The molecule has 0 unspecified atom stereocenters. The molecule has 0 aliphatic heterocycles. The summed E-state index contributed by atoms with van der Waals surface area (Å²) in [5, 5.41) is 10.2. The molecule has 0 saturated carbocycles. The molecule has 10 heteroatoms. The van der Waals surface area contributed by atoms with Crippen LogP contribution in [0.2, 0.25) is 0 Å². The van der Waals surface area contributed by atoms with E-state index in [9.17, 15) is 4.79 Å². The first kappa shape index (κ1) is 22.6. The van der Waals surface area contributed by atoms with Crippen LogP contribution >= 0.6 is 0 Å². The van der Waals surface area contributed by atoms with Gasteiger partial charge in [0.2, 0.25) is 11.7 Å². The lowest BCUT2D eigenvalue weighted by Crippen LogP contribution is -2.27. The normalized spacial score (nSPS) is 10.8. The van der Waals surface area contributed by atoms with Crippen LogP contribution < -0.4 is 24.8 Å². The van der Waals surface area contributed by atoms with Crippen LogP contribution in [0.15, 0.2) is 42.7 Å². The number of aromatic nitrogens is 4. The average molecular weight is 438 g/mol. The van der Waals surface area contributed by atoms with Gasteiger partial charge in [0.25, 0.3) is 0 Å². The zero-order valence-electron chi connectivity index (χ0n) is 18.5. The Hall–Kier alpha value is -4.08. The summed E-state index contributed by atoms with van der Waals surface area (Å²) < 4.78 is 17.6. The Morgan fingerprint density at radius 3 is 2.44 bits per heavy atom. The lowest BCUT2D eigenvalue weighted by Gasteiger charge is -2.12. The summed E-state index contributed by atoms with van der Waals surface area (Å²) in [6.07, 6.45) is 6.63. The molecule has 0 radical (unpaired) electrons. The van der Waals surface area contributed by atoms with Crippen LogP contribution in [0, 0.1) is 6.92 Å². The number of hydrogen-bond acceptors (Lipinski definition) is 8. The van der Waals surface area contributed by atoms with Gasteiger partial charge in [0.1, 0.15) is 11.6 Å². The van der Waals surface area contributed by atoms with Gasteiger partial charge in [-0.3, -0.25) is 4.79 Å². The first-order valence-electron chi connectivity index (χ1n) is 9.89. The third kappa shape index (κ3) is 5.75. The van der Waals surface area contributed by atoms with Gasteiger partial charge in [-0.2, -0.15) is 5.10 Å². The Kier molecular flexibility index (Phi) is 7.63. The molecule has 0 saturated heterocycles. The molecule has 0 spiro atoms. The van der Waals surface area contributed by atoms with Crippen LogP contribution in [-0.4, -0.2) is 60.1 Å². The van der Waals surface area contributed by atoms with E-state index < -0.39 is 0 Å². The van der Waals surface area contributed by atoms with Gasteiger partial charge in [-0.25, -0.2) is 14.6 Å². The van der Waals surface area contributed by atoms with E-state index in [2.05, 4.69) is 25.7 Å². The number of ether oxygens (including phenoxy) is 3. The van der Waals surface area contributed by atoms with E-state index >= 15 is 0 Å². The summed E-state index contributed by atoms with van der Waals surface area (Å²) in [6.45, 7) is 2.73. The van der Waals surface area contributed by atoms with Crippen molar-refractivity contribution in [1.82, 2.24) is 25.1 Å². The standard InChI is InChI=1S/C22H26N6O4/c1-15-26-19(14-20(27-15)28-11-5-8-25-28)23-9-10-24-21(29)7-6-16-12-17(30-2)22(32-4)18(13-16)31-3/h5-8,11-14H,9-10H2,1-4H3,(H,24,29)(H,23,26,27)/b7-6+. The minimum atomic E-state index is -0.225. The average Bonchev–Trinajstić information content (AvgIpc) is 3.34. The number of benzene rings is 1. The summed E-state index contributed by atoms with van der Waals surface area (Å²) in [6, 6.07) is 7.15. The van der Waals surface area contributed by atoms with Crippen LogP contribution in [0.4, 0.5) is 5.82 Å². The summed E-state index contributed by atoms with van der Waals surface area (Å²) >= 11 is 0. The van der Waals surface area contributed by atoms with Crippen molar-refractivity contribution in [3.63, 3.8) is 0 Å². The summed E-state index contributed by atoms with van der Waals surface area (Å²) in [5.41, 5.74) is 0.746. The van der Waals surface area contributed by atoms with Crippen molar-refractivity contribution in [3.8, 4) is 23.1 Å². The third-order valence-electron chi connectivity index (χ3n) is 4.41. The molecule has 0 aliphatic carbocycles. The Morgan fingerprint density at radius 2 is 1.81 bits per heavy atom. The minimum absolute atomic E-state index is 0.225. The van der Waals surface area contributed by atoms with Crippen molar-refractivity contribution < 1.29 is 19.0 Å². The molecule has 32 heavy (non-hydrogen) atoms. The van der Waals surface area contributed by atoms with Gasteiger partial charge >= 0.3 is 0 Å². The lowest BCUT2D eigenvalue weighted by molar-refractivity contribution is -0.116. The highest BCUT2D eigenvalue weighted by molar-refractivity contribution is 5.91. The summed E-state index contributed by atoms with van der Waals surface area (Å²) in [5.74, 6) is 3.26. The molecule has 1 amide bonds. The molecule has 2 heterocycles. The third-order valence-corrected chi connectivity index (χ3v) is 4.41. The van der Waals surface area contributed by atoms with Gasteiger partial charge < -0.3 is 24.8 Å². The van der Waals surface area contributed by atoms with Gasteiger partial charge in [0.15, 0.2) is 17.3 Å². The molecular formula is C22H26N6O4. The fourth-order valence-electron chi connectivity index (χ4n) is 2.97. The molecule has 0 fully saturated rings. The van der Waals surface area contributed by atoms with E-state index in [0.717, 1.165) is 5.56 Å². The van der Waals surface area contributed by atoms with Gasteiger partial charge in [0.05, 0.1) is 21.3 Å². The van der Waals surface area contributed by atoms with Crippen molar-refractivity contribution >= 4 is 17.8 Å². The number of nitrogens with one attached hydrogen (secondary N) is 2. The van der Waals surface area contributed by atoms with Gasteiger partial charge in [0, 0.05) is 37.6 Å². The van der Waals surface area contributed by atoms with Gasteiger partial charge in [-0.1, -0.05) is 0 Å². The van der Waals surface area contributed by atoms with E-state index in [4.69, 9.17) is 14.2 Å². The molecular weight excluding hydrogens is 412 g/mol. The summed E-state index contributed by atoms with van der Waals surface area (Å²) in [7, 11) is 4.63. The molecule has 0 atom stereocenters. The topological polar surface area (TPSA) is 112 Å². The van der Waals surface area contributed by atoms with E-state index in [1.807, 2.05) is 19.2 Å². The molecule has 0 bridgehead atoms. The second-order valence-corrected chi connectivity index (χ2v) is 6.62. The number of rotatable bonds is 10. The zero-order chi connectivity index (χ0) is 22.9. The highest BCUT2D eigenvalue weighted by atomic mass is 16.5. The first-order chi connectivity index (χ1) is 15.5. The first-order valence-corrected chi connectivity index (χ1v) is 9.89. The predicted molar refractivity (Wildman–Crippen MR) is 121 cm³/mol. The Labute approximate surface area is 186 Å². The van der Waals surface area contributed by atoms with Crippen molar-refractivity contribution in [3.05, 3.63) is 54.1 Å². The maximum atomic E-state index is 12.2. The zero-order valence-corrected chi connectivity index (χ0v) is 18.5. The number of anilines is 1. The number of carbonyl (C=O) groups excluding carboxylic acids is 1. The molecule has 1 aromatic carbocycles. The monoisotopic (exact) mass is 438 g/mol. The molecule has 3 rings (SSSR count). The molecule has 3 aromatic rings. The Morgan fingerprint density at radius 1 is 1.06 bits per heavy atom. The number of amides is 1. The highest BCUT2D eigenvalue weighted by Crippen LogP contribution is 2.38. The Balaban J connectivity index is 1.53. The largest absolute Gasteiger partial charge is 0.493 e. The second kappa shape index (κ2) is 10.8. The van der Waals surface area contributed by atoms with Crippen LogP contribution in [0.3, 0.4) is 0 Å². The quantitative estimate of drug-likeness (QED) is 0.366. The van der Waals surface area contributed by atoms with Gasteiger partial charge in [-0.05, 0) is 36.8 Å². The Bertz CT molecular complexity index is 1060. The fraction of sp³-hybridized carbons (Fsp3) is 0.273. The maximum Gasteiger partial charge on any atom is 0.244 e. The fourth-order valence-corrected chi connectivity index (χ4v) is 2.97. The number of nitrogens with zero attached hydrogens (tertiary/aromatic N) is 4. The number of methoxy groups -OCH3 is 3. The SMILES string of the molecule is COc1cc(/C=C/C(=O)NCCNc2cc(-n3cccn3)nc(C)n2)cc(OC)c1OC. The van der Waals surface area contributed by atoms with E-state index in [-0.39, 0.29) is 5.91 Å². The number of aryl methyl sites for hydroxylation is 1. The van der Waals surface area contributed by atoms with Crippen LogP contribution in [0.1, 0.15) is 11.4 Å². The number of carbonyl (C=O) groups is 1. The van der Waals surface area contributed by atoms with E-state index in [1.54, 1.807) is 56.5 Å². The minimum Gasteiger partial charge on any atom is -0.493 e. The van der Waals surface area contributed by atoms with Crippen LogP contribution in [0.5, 0.6) is 17.2 Å². The van der Waals surface area contributed by atoms with Crippen molar-refractivity contribution in [2.75, 3.05) is 39.7 Å². The van der Waals surface area contributed by atoms with Crippen LogP contribution in [-0.2, 0) is 4.79 Å². The second-order valence-electron chi connectivity index (χ2n) is 6.62. The number of hydrogen-bond donors (Lipinski definition) is 2. The van der Waals surface area contributed by atoms with Gasteiger partial charge in [-0.15, -0.1) is 0 Å². The molecule has 2 N–H and O–H groups in total. The molecule has 0 aliphatic rings. The molecule has 10 nitrogen and oxygen atoms in total. The summed E-state index contributed by atoms with van der Waals surface area (Å²) in [4.78, 5) is 20.9. The van der Waals surface area contributed by atoms with E-state index in [0.29, 0.717) is 47.8 Å². The molecule has 2 aromatic heterocycles. The van der Waals surface area contributed by atoms with E-state index in [1.165, 1.54) is 6.08 Å². The highest BCUT2D eigenvalue weighted by Gasteiger charge is 2.12. The maximum absolute atomic E-state index is 12.2. The molecule has 168 valence electrons. The lowest BCUT2D eigenvalue weighted by atomic mass is 10.1. The van der Waals surface area contributed by atoms with Crippen molar-refractivity contribution in [1.29, 1.82) is 0 Å². The van der Waals surface area contributed by atoms with Crippen LogP contribution in [0.25, 0.3) is 11.9 Å². The smallest absolute Gasteiger partial charge is 0.244 e. The van der Waals surface area contributed by atoms with Crippen molar-refractivity contribution in [2.24, 2.45) is 0 Å².